The molecule has 0 spiro atoms. The Morgan fingerprint density at radius 3 is 2.00 bits per heavy atom. The van der Waals surface area contributed by atoms with Gasteiger partial charge in [-0.25, -0.2) is 0 Å². The highest BCUT2D eigenvalue weighted by atomic mass is 16.7. The Labute approximate surface area is 103 Å². The van der Waals surface area contributed by atoms with E-state index in [-0.39, 0.29) is 5.78 Å². The van der Waals surface area contributed by atoms with Crippen molar-refractivity contribution < 1.29 is 14.3 Å². The van der Waals surface area contributed by atoms with Crippen LogP contribution >= 0.6 is 0 Å². The van der Waals surface area contributed by atoms with E-state index in [9.17, 15) is 4.79 Å². The molecule has 0 atom stereocenters. The monoisotopic (exact) mass is 236 g/mol. The lowest BCUT2D eigenvalue weighted by molar-refractivity contribution is -0.198. The third kappa shape index (κ3) is 3.14. The molecule has 3 heteroatoms. The number of hydrogen-bond acceptors (Lipinski definition) is 3. The second-order valence-corrected chi connectivity index (χ2v) is 3.67. The fraction of sp³-hybridized carbons (Fsp3) is 0.500. The van der Waals surface area contributed by atoms with Crippen LogP contribution in [0.4, 0.5) is 0 Å². The maximum atomic E-state index is 12.4. The quantitative estimate of drug-likeness (QED) is 0.539. The summed E-state index contributed by atoms with van der Waals surface area (Å²) in [6, 6.07) is 9.12. The fourth-order valence-electron chi connectivity index (χ4n) is 1.81. The van der Waals surface area contributed by atoms with Crippen molar-refractivity contribution in [2.75, 3.05) is 13.2 Å². The summed E-state index contributed by atoms with van der Waals surface area (Å²) in [5.74, 6) is -1.24. The number of benzene rings is 1. The number of carbonyl (C=O) groups is 1. The van der Waals surface area contributed by atoms with Crippen molar-refractivity contribution in [3.8, 4) is 0 Å². The van der Waals surface area contributed by atoms with Gasteiger partial charge in [-0.05, 0) is 13.8 Å². The second-order valence-electron chi connectivity index (χ2n) is 3.67. The zero-order chi connectivity index (χ0) is 12.7. The van der Waals surface area contributed by atoms with Crippen LogP contribution in [-0.4, -0.2) is 24.8 Å². The lowest BCUT2D eigenvalue weighted by Crippen LogP contribution is -2.44. The average molecular weight is 236 g/mol. The second kappa shape index (κ2) is 6.52. The Kier molecular flexibility index (Phi) is 5.32. The number of ketones is 1. The molecule has 1 aromatic rings. The van der Waals surface area contributed by atoms with Gasteiger partial charge >= 0.3 is 0 Å². The topological polar surface area (TPSA) is 35.5 Å². The lowest BCUT2D eigenvalue weighted by atomic mass is 10.0. The smallest absolute Gasteiger partial charge is 0.233 e. The molecule has 0 saturated carbocycles. The van der Waals surface area contributed by atoms with Crippen LogP contribution in [0.3, 0.4) is 0 Å². The van der Waals surface area contributed by atoms with Gasteiger partial charge in [0.25, 0.3) is 0 Å². The SMILES string of the molecule is CCOC(CC)(OCC)C(=O)c1ccccc1. The molecule has 0 aliphatic carbocycles. The molecule has 17 heavy (non-hydrogen) atoms. The van der Waals surface area contributed by atoms with Crippen molar-refractivity contribution in [1.29, 1.82) is 0 Å². The number of ether oxygens (including phenoxy) is 2. The van der Waals surface area contributed by atoms with Crippen molar-refractivity contribution in [3.63, 3.8) is 0 Å². The van der Waals surface area contributed by atoms with E-state index >= 15 is 0 Å². The molecule has 0 amide bonds. The molecule has 0 unspecified atom stereocenters. The summed E-state index contributed by atoms with van der Waals surface area (Å²) in [5, 5.41) is 0. The van der Waals surface area contributed by atoms with E-state index in [0.717, 1.165) is 0 Å². The van der Waals surface area contributed by atoms with Gasteiger partial charge in [-0.2, -0.15) is 0 Å². The first-order chi connectivity index (χ1) is 8.20. The Balaban J connectivity index is 3.01. The molecule has 94 valence electrons. The van der Waals surface area contributed by atoms with Crippen molar-refractivity contribution in [2.45, 2.75) is 33.0 Å². The predicted octanol–water partition coefficient (Wildman–Crippen LogP) is 3.05. The van der Waals surface area contributed by atoms with E-state index in [1.165, 1.54) is 0 Å². The largest absolute Gasteiger partial charge is 0.344 e. The molecular weight excluding hydrogens is 216 g/mol. The molecule has 0 heterocycles. The molecule has 0 bridgehead atoms. The minimum absolute atomic E-state index is 0.107. The summed E-state index contributed by atoms with van der Waals surface area (Å²) in [4.78, 5) is 12.4. The van der Waals surface area contributed by atoms with Crippen LogP contribution in [0, 0.1) is 0 Å². The fourth-order valence-corrected chi connectivity index (χ4v) is 1.81. The first kappa shape index (κ1) is 13.9. The third-order valence-corrected chi connectivity index (χ3v) is 2.60. The van der Waals surface area contributed by atoms with Crippen molar-refractivity contribution in [1.82, 2.24) is 0 Å². The van der Waals surface area contributed by atoms with Gasteiger partial charge in [-0.15, -0.1) is 0 Å². The average Bonchev–Trinajstić information content (AvgIpc) is 2.38. The molecule has 0 aliphatic heterocycles. The summed E-state index contributed by atoms with van der Waals surface area (Å²) in [6.07, 6.45) is 0.502. The first-order valence-corrected chi connectivity index (χ1v) is 6.08. The van der Waals surface area contributed by atoms with Crippen LogP contribution < -0.4 is 0 Å². The normalized spacial score (nSPS) is 11.5. The highest BCUT2D eigenvalue weighted by Gasteiger charge is 2.38. The van der Waals surface area contributed by atoms with E-state index < -0.39 is 5.79 Å². The van der Waals surface area contributed by atoms with Gasteiger partial charge in [-0.3, -0.25) is 4.79 Å². The summed E-state index contributed by atoms with van der Waals surface area (Å²) in [7, 11) is 0. The number of hydrogen-bond donors (Lipinski definition) is 0. The van der Waals surface area contributed by atoms with Crippen LogP contribution in [-0.2, 0) is 9.47 Å². The molecule has 1 rings (SSSR count). The van der Waals surface area contributed by atoms with E-state index in [0.29, 0.717) is 25.2 Å². The zero-order valence-electron chi connectivity index (χ0n) is 10.7. The van der Waals surface area contributed by atoms with Crippen molar-refractivity contribution >= 4 is 5.78 Å². The molecule has 0 saturated heterocycles. The minimum atomic E-state index is -1.13. The van der Waals surface area contributed by atoms with Gasteiger partial charge in [-0.1, -0.05) is 37.3 Å². The molecular formula is C14H20O3. The predicted molar refractivity (Wildman–Crippen MR) is 67.0 cm³/mol. The Hall–Kier alpha value is -1.19. The summed E-state index contributed by atoms with van der Waals surface area (Å²) in [6.45, 7) is 6.52. The van der Waals surface area contributed by atoms with Crippen molar-refractivity contribution in [2.24, 2.45) is 0 Å². The third-order valence-electron chi connectivity index (χ3n) is 2.60. The highest BCUT2D eigenvalue weighted by molar-refractivity contribution is 6.01. The summed E-state index contributed by atoms with van der Waals surface area (Å²) >= 11 is 0. The van der Waals surface area contributed by atoms with Crippen LogP contribution in [0.25, 0.3) is 0 Å². The maximum absolute atomic E-state index is 12.4. The maximum Gasteiger partial charge on any atom is 0.233 e. The zero-order valence-corrected chi connectivity index (χ0v) is 10.7. The van der Waals surface area contributed by atoms with Gasteiger partial charge < -0.3 is 9.47 Å². The Bertz CT molecular complexity index is 340. The van der Waals surface area contributed by atoms with E-state index in [1.54, 1.807) is 12.1 Å². The Morgan fingerprint density at radius 1 is 1.06 bits per heavy atom. The molecule has 0 aliphatic rings. The van der Waals surface area contributed by atoms with E-state index in [4.69, 9.17) is 9.47 Å². The number of carbonyl (C=O) groups excluding carboxylic acids is 1. The lowest BCUT2D eigenvalue weighted by Gasteiger charge is -2.30. The van der Waals surface area contributed by atoms with Crippen LogP contribution in [0.1, 0.15) is 37.6 Å². The van der Waals surface area contributed by atoms with E-state index in [1.807, 2.05) is 39.0 Å². The minimum Gasteiger partial charge on any atom is -0.344 e. The van der Waals surface area contributed by atoms with Crippen LogP contribution in [0.15, 0.2) is 30.3 Å². The summed E-state index contributed by atoms with van der Waals surface area (Å²) < 4.78 is 11.1. The van der Waals surface area contributed by atoms with Gasteiger partial charge in [0.15, 0.2) is 0 Å². The molecule has 0 radical (unpaired) electrons. The standard InChI is InChI=1S/C14H20O3/c1-4-14(16-5-2,17-6-3)13(15)12-10-8-7-9-11-12/h7-11H,4-6H2,1-3H3. The number of Topliss-reactive ketones (excluding diaryl/α,β-unsaturated/α-hetero) is 1. The van der Waals surface area contributed by atoms with Gasteiger partial charge in [0, 0.05) is 25.2 Å². The summed E-state index contributed by atoms with van der Waals surface area (Å²) in [5.41, 5.74) is 0.622. The van der Waals surface area contributed by atoms with Gasteiger partial charge in [0.2, 0.25) is 11.6 Å². The van der Waals surface area contributed by atoms with Crippen LogP contribution in [0.5, 0.6) is 0 Å². The number of rotatable bonds is 7. The molecule has 1 aromatic carbocycles. The van der Waals surface area contributed by atoms with Gasteiger partial charge in [0.05, 0.1) is 0 Å². The van der Waals surface area contributed by atoms with Crippen molar-refractivity contribution in [3.05, 3.63) is 35.9 Å². The highest BCUT2D eigenvalue weighted by Crippen LogP contribution is 2.23. The first-order valence-electron chi connectivity index (χ1n) is 6.08. The van der Waals surface area contributed by atoms with E-state index in [2.05, 4.69) is 0 Å². The molecule has 0 aromatic heterocycles. The van der Waals surface area contributed by atoms with Gasteiger partial charge in [0.1, 0.15) is 0 Å². The molecule has 3 nitrogen and oxygen atoms in total. The van der Waals surface area contributed by atoms with Crippen LogP contribution in [0.2, 0.25) is 0 Å². The molecule has 0 fully saturated rings. The molecule has 0 N–H and O–H groups in total. The Morgan fingerprint density at radius 2 is 1.59 bits per heavy atom.